The third kappa shape index (κ3) is 10.5. The molecule has 0 radical (unpaired) electrons. The Kier molecular flexibility index (Phi) is 14.2. The van der Waals surface area contributed by atoms with Gasteiger partial charge in [-0.2, -0.15) is 0 Å². The summed E-state index contributed by atoms with van der Waals surface area (Å²) in [5.41, 5.74) is 0.449. The van der Waals surface area contributed by atoms with Crippen molar-refractivity contribution in [2.24, 2.45) is 0 Å². The van der Waals surface area contributed by atoms with Gasteiger partial charge < -0.3 is 24.0 Å². The number of ether oxygens (including phenoxy) is 3. The van der Waals surface area contributed by atoms with Crippen LogP contribution in [0.2, 0.25) is 0 Å². The van der Waals surface area contributed by atoms with Gasteiger partial charge in [-0.3, -0.25) is 4.90 Å². The minimum Gasteiger partial charge on any atom is -0.377 e. The minimum atomic E-state index is 0.356. The number of hydrogen-bond donors (Lipinski definition) is 0. The molecule has 4 saturated heterocycles. The van der Waals surface area contributed by atoms with E-state index in [1.807, 2.05) is 0 Å². The molecule has 6 nitrogen and oxygen atoms in total. The van der Waals surface area contributed by atoms with Gasteiger partial charge >= 0.3 is 0 Å². The Balaban J connectivity index is 0.000000191. The standard InChI is InChI=1S/C11H21NO.C10H21NO.C9H19NO/c1-10(2)13-9-11-5-3-7-12(11)8-4-6-11;1-8(2)12-9(3)10-6-5-7-11(10)4;1-8(2)11-7-9-5-4-6-10(9)3/h10H,3-9H2,1-2H3;8-10H,5-7H2,1-4H3;8-9H,4-7H2,1-3H3. The maximum Gasteiger partial charge on any atom is 0.0705 e. The van der Waals surface area contributed by atoms with E-state index in [2.05, 4.69) is 77.3 Å². The lowest BCUT2D eigenvalue weighted by molar-refractivity contribution is -0.0201. The van der Waals surface area contributed by atoms with Crippen LogP contribution in [0.5, 0.6) is 0 Å². The summed E-state index contributed by atoms with van der Waals surface area (Å²) in [6.45, 7) is 21.8. The molecule has 3 unspecified atom stereocenters. The van der Waals surface area contributed by atoms with Gasteiger partial charge in [-0.1, -0.05) is 0 Å². The van der Waals surface area contributed by atoms with Crippen LogP contribution in [0.4, 0.5) is 0 Å². The summed E-state index contributed by atoms with van der Waals surface area (Å²) in [4.78, 5) is 7.45. The Morgan fingerprint density at radius 3 is 1.75 bits per heavy atom. The van der Waals surface area contributed by atoms with E-state index in [9.17, 15) is 0 Å². The SMILES string of the molecule is CC(C)OC(C)C1CCCN1C.CC(C)OCC12CCCN1CCC2.CC(C)OCC1CCCN1C. The van der Waals surface area contributed by atoms with Crippen LogP contribution in [0, 0.1) is 0 Å². The zero-order chi connectivity index (χ0) is 26.7. The van der Waals surface area contributed by atoms with E-state index in [0.29, 0.717) is 42.0 Å². The number of nitrogens with zero attached hydrogens (tertiary/aromatic N) is 3. The molecule has 0 aromatic heterocycles. The maximum atomic E-state index is 5.79. The summed E-state index contributed by atoms with van der Waals surface area (Å²) >= 11 is 0. The third-order valence-corrected chi connectivity index (χ3v) is 8.40. The number of likely N-dealkylation sites (tertiary alicyclic amines) is 2. The largest absolute Gasteiger partial charge is 0.377 e. The van der Waals surface area contributed by atoms with Crippen molar-refractivity contribution in [1.29, 1.82) is 0 Å². The summed E-state index contributed by atoms with van der Waals surface area (Å²) in [5.74, 6) is 0. The minimum absolute atomic E-state index is 0.356. The summed E-state index contributed by atoms with van der Waals surface area (Å²) in [6.07, 6.45) is 12.2. The first-order chi connectivity index (χ1) is 17.0. The molecule has 4 heterocycles. The maximum absolute atomic E-state index is 5.79. The van der Waals surface area contributed by atoms with E-state index in [4.69, 9.17) is 14.2 Å². The predicted molar refractivity (Wildman–Crippen MR) is 152 cm³/mol. The van der Waals surface area contributed by atoms with Crippen LogP contribution in [-0.2, 0) is 14.2 Å². The molecule has 4 rings (SSSR count). The zero-order valence-electron chi connectivity index (χ0n) is 25.4. The van der Waals surface area contributed by atoms with Crippen molar-refractivity contribution in [2.45, 2.75) is 142 Å². The van der Waals surface area contributed by atoms with Gasteiger partial charge in [-0.25, -0.2) is 0 Å². The lowest BCUT2D eigenvalue weighted by Crippen LogP contribution is -2.43. The smallest absolute Gasteiger partial charge is 0.0705 e. The molecule has 0 spiro atoms. The Hall–Kier alpha value is -0.240. The molecule has 0 aromatic rings. The van der Waals surface area contributed by atoms with Gasteiger partial charge in [-0.15, -0.1) is 0 Å². The molecular formula is C30H61N3O3. The van der Waals surface area contributed by atoms with Crippen molar-refractivity contribution in [3.63, 3.8) is 0 Å². The number of rotatable bonds is 9. The normalized spacial score (nSPS) is 27.3. The first kappa shape index (κ1) is 32.0. The Morgan fingerprint density at radius 2 is 1.28 bits per heavy atom. The molecule has 0 bridgehead atoms. The van der Waals surface area contributed by atoms with Crippen LogP contribution in [0.3, 0.4) is 0 Å². The highest BCUT2D eigenvalue weighted by molar-refractivity contribution is 5.00. The number of hydrogen-bond acceptors (Lipinski definition) is 6. The number of fused-ring (bicyclic) bond motifs is 1. The van der Waals surface area contributed by atoms with Gasteiger partial charge in [0.1, 0.15) is 0 Å². The number of likely N-dealkylation sites (N-methyl/N-ethyl adjacent to an activating group) is 2. The van der Waals surface area contributed by atoms with Crippen LogP contribution in [0.1, 0.15) is 99.8 Å². The van der Waals surface area contributed by atoms with Crippen LogP contribution in [0.25, 0.3) is 0 Å². The van der Waals surface area contributed by atoms with Crippen molar-refractivity contribution in [3.8, 4) is 0 Å². The fourth-order valence-electron chi connectivity index (χ4n) is 6.33. The molecule has 4 aliphatic heterocycles. The monoisotopic (exact) mass is 511 g/mol. The lowest BCUT2D eigenvalue weighted by Gasteiger charge is -2.32. The van der Waals surface area contributed by atoms with Gasteiger partial charge in [0, 0.05) is 17.6 Å². The molecule has 0 amide bonds. The molecule has 0 aliphatic carbocycles. The van der Waals surface area contributed by atoms with Crippen LogP contribution >= 0.6 is 0 Å². The highest BCUT2D eigenvalue weighted by atomic mass is 16.5. The van der Waals surface area contributed by atoms with Crippen molar-refractivity contribution >= 4 is 0 Å². The lowest BCUT2D eigenvalue weighted by atomic mass is 9.95. The van der Waals surface area contributed by atoms with E-state index in [1.165, 1.54) is 77.5 Å². The highest BCUT2D eigenvalue weighted by Crippen LogP contribution is 2.39. The molecule has 6 heteroatoms. The predicted octanol–water partition coefficient (Wildman–Crippen LogP) is 5.44. The topological polar surface area (TPSA) is 37.4 Å². The molecule has 214 valence electrons. The summed E-state index contributed by atoms with van der Waals surface area (Å²) in [6, 6.07) is 1.32. The van der Waals surface area contributed by atoms with E-state index in [0.717, 1.165) is 13.2 Å². The second-order valence-electron chi connectivity index (χ2n) is 12.5. The van der Waals surface area contributed by atoms with Crippen molar-refractivity contribution in [2.75, 3.05) is 53.5 Å². The van der Waals surface area contributed by atoms with Crippen molar-refractivity contribution < 1.29 is 14.2 Å². The van der Waals surface area contributed by atoms with Gasteiger partial charge in [-0.05, 0) is 140 Å². The molecule has 3 atom stereocenters. The average molecular weight is 512 g/mol. The highest BCUT2D eigenvalue weighted by Gasteiger charge is 2.44. The van der Waals surface area contributed by atoms with E-state index in [-0.39, 0.29) is 0 Å². The molecular weight excluding hydrogens is 450 g/mol. The van der Waals surface area contributed by atoms with Gasteiger partial charge in [0.2, 0.25) is 0 Å². The van der Waals surface area contributed by atoms with Crippen LogP contribution < -0.4 is 0 Å². The summed E-state index contributed by atoms with van der Waals surface area (Å²) in [5, 5.41) is 0. The fourth-order valence-corrected chi connectivity index (χ4v) is 6.33. The second kappa shape index (κ2) is 16.0. The van der Waals surface area contributed by atoms with E-state index < -0.39 is 0 Å². The molecule has 36 heavy (non-hydrogen) atoms. The molecule has 0 saturated carbocycles. The van der Waals surface area contributed by atoms with E-state index in [1.54, 1.807) is 0 Å². The van der Waals surface area contributed by atoms with Crippen LogP contribution in [-0.4, -0.2) is 110 Å². The quantitative estimate of drug-likeness (QED) is 0.410. The third-order valence-electron chi connectivity index (χ3n) is 8.40. The molecule has 0 aromatic carbocycles. The Bertz CT molecular complexity index is 576. The summed E-state index contributed by atoms with van der Waals surface area (Å²) < 4.78 is 17.1. The van der Waals surface area contributed by atoms with Crippen molar-refractivity contribution in [3.05, 3.63) is 0 Å². The Labute approximate surface area is 224 Å². The fraction of sp³-hybridized carbons (Fsp3) is 1.00. The summed E-state index contributed by atoms with van der Waals surface area (Å²) in [7, 11) is 4.37. The Morgan fingerprint density at radius 1 is 0.694 bits per heavy atom. The average Bonchev–Trinajstić information content (AvgIpc) is 3.56. The second-order valence-corrected chi connectivity index (χ2v) is 12.5. The van der Waals surface area contributed by atoms with Crippen molar-refractivity contribution in [1.82, 2.24) is 14.7 Å². The van der Waals surface area contributed by atoms with E-state index >= 15 is 0 Å². The van der Waals surface area contributed by atoms with Gasteiger partial charge in [0.05, 0.1) is 37.6 Å². The van der Waals surface area contributed by atoms with Gasteiger partial charge in [0.15, 0.2) is 0 Å². The van der Waals surface area contributed by atoms with Gasteiger partial charge in [0.25, 0.3) is 0 Å². The molecule has 4 fully saturated rings. The van der Waals surface area contributed by atoms with Crippen LogP contribution in [0.15, 0.2) is 0 Å². The zero-order valence-corrected chi connectivity index (χ0v) is 25.4. The molecule has 4 aliphatic rings. The molecule has 0 N–H and O–H groups in total. The first-order valence-corrected chi connectivity index (χ1v) is 15.1. The first-order valence-electron chi connectivity index (χ1n) is 15.1.